The van der Waals surface area contributed by atoms with Crippen LogP contribution in [0, 0.1) is 0 Å². The Morgan fingerprint density at radius 1 is 1.45 bits per heavy atom. The van der Waals surface area contributed by atoms with Crippen LogP contribution in [-0.4, -0.2) is 49.3 Å². The minimum Gasteiger partial charge on any atom is -0.377 e. The number of hydrogen-bond acceptors (Lipinski definition) is 6. The lowest BCUT2D eigenvalue weighted by molar-refractivity contribution is 0.0862. The van der Waals surface area contributed by atoms with Crippen molar-refractivity contribution in [2.45, 2.75) is 37.1 Å². The molecule has 0 bridgehead atoms. The number of anilines is 1. The molecule has 4 nitrogen and oxygen atoms in total. The number of pyridine rings is 1. The smallest absolute Gasteiger partial charge is 0.0780 e. The SMILES string of the molecule is CC(SS)c1ccc(N2CCOCC23CC3)c(CN(C)C)n1. The van der Waals surface area contributed by atoms with Crippen LogP contribution in [0.2, 0.25) is 0 Å². The summed E-state index contributed by atoms with van der Waals surface area (Å²) < 4.78 is 5.71. The molecular weight excluding hydrogens is 314 g/mol. The van der Waals surface area contributed by atoms with E-state index in [9.17, 15) is 0 Å². The maximum atomic E-state index is 5.71. The molecule has 2 fully saturated rings. The molecular formula is C16H25N3OS2. The van der Waals surface area contributed by atoms with Crippen molar-refractivity contribution in [3.63, 3.8) is 0 Å². The normalized spacial score (nSPS) is 21.4. The van der Waals surface area contributed by atoms with Gasteiger partial charge in [0.05, 0.1) is 41.1 Å². The highest BCUT2D eigenvalue weighted by atomic mass is 33.1. The van der Waals surface area contributed by atoms with Crippen LogP contribution in [0.3, 0.4) is 0 Å². The van der Waals surface area contributed by atoms with Gasteiger partial charge in [-0.1, -0.05) is 10.8 Å². The lowest BCUT2D eigenvalue weighted by Gasteiger charge is -2.39. The molecule has 0 aromatic carbocycles. The number of morpholine rings is 1. The molecule has 1 saturated heterocycles. The molecule has 0 N–H and O–H groups in total. The maximum absolute atomic E-state index is 5.71. The first-order valence-corrected chi connectivity index (χ1v) is 9.79. The van der Waals surface area contributed by atoms with Gasteiger partial charge in [-0.2, -0.15) is 0 Å². The first-order chi connectivity index (χ1) is 10.6. The van der Waals surface area contributed by atoms with Crippen molar-refractivity contribution in [3.8, 4) is 0 Å². The minimum absolute atomic E-state index is 0.242. The van der Waals surface area contributed by atoms with Gasteiger partial charge in [-0.3, -0.25) is 4.98 Å². The molecule has 1 aliphatic carbocycles. The van der Waals surface area contributed by atoms with Gasteiger partial charge in [-0.25, -0.2) is 0 Å². The summed E-state index contributed by atoms with van der Waals surface area (Å²) in [6, 6.07) is 4.42. The van der Waals surface area contributed by atoms with E-state index in [1.54, 1.807) is 10.8 Å². The van der Waals surface area contributed by atoms with Gasteiger partial charge in [0.25, 0.3) is 0 Å². The van der Waals surface area contributed by atoms with Crippen LogP contribution in [-0.2, 0) is 11.3 Å². The summed E-state index contributed by atoms with van der Waals surface area (Å²) in [7, 11) is 5.74. The molecule has 1 saturated carbocycles. The van der Waals surface area contributed by atoms with Crippen molar-refractivity contribution in [2.24, 2.45) is 0 Å². The summed E-state index contributed by atoms with van der Waals surface area (Å²) in [5.41, 5.74) is 3.81. The quantitative estimate of drug-likeness (QED) is 0.657. The molecule has 2 heterocycles. The number of hydrogen-bond donors (Lipinski definition) is 1. The van der Waals surface area contributed by atoms with Gasteiger partial charge >= 0.3 is 0 Å². The molecule has 0 radical (unpaired) electrons. The van der Waals surface area contributed by atoms with E-state index >= 15 is 0 Å². The van der Waals surface area contributed by atoms with Gasteiger partial charge in [0.2, 0.25) is 0 Å². The van der Waals surface area contributed by atoms with Gasteiger partial charge in [0, 0.05) is 13.1 Å². The second-order valence-electron chi connectivity index (χ2n) is 6.62. The topological polar surface area (TPSA) is 28.6 Å². The van der Waals surface area contributed by atoms with Crippen molar-refractivity contribution >= 4 is 28.1 Å². The first kappa shape index (κ1) is 16.4. The Hall–Kier alpha value is -0.430. The molecule has 22 heavy (non-hydrogen) atoms. The third-order valence-corrected chi connectivity index (χ3v) is 6.04. The van der Waals surface area contributed by atoms with Crippen LogP contribution in [0.25, 0.3) is 0 Å². The fraction of sp³-hybridized carbons (Fsp3) is 0.688. The van der Waals surface area contributed by atoms with E-state index in [0.29, 0.717) is 5.25 Å². The Labute approximate surface area is 142 Å². The second kappa shape index (κ2) is 6.59. The Balaban J connectivity index is 1.95. The van der Waals surface area contributed by atoms with E-state index in [2.05, 4.69) is 54.6 Å². The van der Waals surface area contributed by atoms with Gasteiger partial charge < -0.3 is 14.5 Å². The maximum Gasteiger partial charge on any atom is 0.0780 e. The third kappa shape index (κ3) is 3.25. The Morgan fingerprint density at radius 3 is 2.86 bits per heavy atom. The summed E-state index contributed by atoms with van der Waals surface area (Å²) in [5, 5.41) is 0.304. The van der Waals surface area contributed by atoms with E-state index in [1.165, 1.54) is 24.2 Å². The van der Waals surface area contributed by atoms with E-state index < -0.39 is 0 Å². The summed E-state index contributed by atoms with van der Waals surface area (Å²) in [5.74, 6) is 0. The minimum atomic E-state index is 0.242. The summed E-state index contributed by atoms with van der Waals surface area (Å²) in [4.78, 5) is 9.69. The highest BCUT2D eigenvalue weighted by Crippen LogP contribution is 2.46. The molecule has 1 aromatic heterocycles. The number of ether oxygens (including phenoxy) is 1. The second-order valence-corrected chi connectivity index (χ2v) is 8.17. The monoisotopic (exact) mass is 339 g/mol. The van der Waals surface area contributed by atoms with Crippen LogP contribution in [0.5, 0.6) is 0 Å². The molecule has 122 valence electrons. The summed E-state index contributed by atoms with van der Waals surface area (Å²) in [6.07, 6.45) is 2.47. The van der Waals surface area contributed by atoms with E-state index in [0.717, 1.165) is 32.0 Å². The number of nitrogens with zero attached hydrogens (tertiary/aromatic N) is 3. The largest absolute Gasteiger partial charge is 0.377 e. The fourth-order valence-electron chi connectivity index (χ4n) is 3.12. The molecule has 1 spiro atoms. The van der Waals surface area contributed by atoms with Gasteiger partial charge in [-0.15, -0.1) is 11.7 Å². The summed E-state index contributed by atoms with van der Waals surface area (Å²) in [6.45, 7) is 5.65. The van der Waals surface area contributed by atoms with E-state index in [4.69, 9.17) is 9.72 Å². The Morgan fingerprint density at radius 2 is 2.23 bits per heavy atom. The molecule has 2 aliphatic rings. The zero-order valence-electron chi connectivity index (χ0n) is 13.6. The average Bonchev–Trinajstić information content (AvgIpc) is 3.26. The number of aromatic nitrogens is 1. The van der Waals surface area contributed by atoms with Crippen molar-refractivity contribution in [2.75, 3.05) is 38.8 Å². The molecule has 1 unspecified atom stereocenters. The zero-order valence-corrected chi connectivity index (χ0v) is 15.3. The van der Waals surface area contributed by atoms with E-state index in [-0.39, 0.29) is 5.54 Å². The lowest BCUT2D eigenvalue weighted by atomic mass is 10.1. The van der Waals surface area contributed by atoms with Gasteiger partial charge in [0.15, 0.2) is 0 Å². The van der Waals surface area contributed by atoms with Crippen LogP contribution in [0.15, 0.2) is 12.1 Å². The number of thiol groups is 1. The average molecular weight is 340 g/mol. The van der Waals surface area contributed by atoms with Gasteiger partial charge in [-0.05, 0) is 46.0 Å². The molecule has 3 rings (SSSR count). The van der Waals surface area contributed by atoms with Crippen molar-refractivity contribution < 1.29 is 4.74 Å². The standard InChI is InChI=1S/C16H25N3OS2/c1-12(22-21)13-4-5-15(14(17-13)10-18(2)3)19-8-9-20-11-16(19)6-7-16/h4-5,12,21H,6-11H2,1-3H3. The molecule has 1 atom stereocenters. The first-order valence-electron chi connectivity index (χ1n) is 7.86. The Bertz CT molecular complexity index is 534. The fourth-order valence-corrected chi connectivity index (χ4v) is 3.68. The zero-order chi connectivity index (χ0) is 15.7. The highest BCUT2D eigenvalue weighted by molar-refractivity contribution is 8.68. The van der Waals surface area contributed by atoms with Crippen LogP contribution in [0.4, 0.5) is 5.69 Å². The molecule has 1 aliphatic heterocycles. The van der Waals surface area contributed by atoms with Crippen molar-refractivity contribution in [3.05, 3.63) is 23.5 Å². The van der Waals surface area contributed by atoms with Gasteiger partial charge in [0.1, 0.15) is 0 Å². The van der Waals surface area contributed by atoms with Crippen molar-refractivity contribution in [1.29, 1.82) is 0 Å². The van der Waals surface area contributed by atoms with Crippen LogP contribution >= 0.6 is 22.5 Å². The third-order valence-electron chi connectivity index (χ3n) is 4.53. The predicted octanol–water partition coefficient (Wildman–Crippen LogP) is 3.15. The predicted molar refractivity (Wildman–Crippen MR) is 96.8 cm³/mol. The lowest BCUT2D eigenvalue weighted by Crippen LogP contribution is -2.48. The Kier molecular flexibility index (Phi) is 4.92. The van der Waals surface area contributed by atoms with E-state index in [1.807, 2.05) is 0 Å². The summed E-state index contributed by atoms with van der Waals surface area (Å²) >= 11 is 4.34. The highest BCUT2D eigenvalue weighted by Gasteiger charge is 2.50. The molecule has 0 amide bonds. The van der Waals surface area contributed by atoms with Crippen LogP contribution in [0.1, 0.15) is 36.4 Å². The molecule has 1 aromatic rings. The van der Waals surface area contributed by atoms with Crippen molar-refractivity contribution in [1.82, 2.24) is 9.88 Å². The van der Waals surface area contributed by atoms with Crippen LogP contribution < -0.4 is 4.90 Å². The molecule has 6 heteroatoms. The number of rotatable bonds is 5.